The monoisotopic (exact) mass is 436 g/mol. The topological polar surface area (TPSA) is 42.0 Å². The molecule has 0 radical (unpaired) electrons. The van der Waals surface area contributed by atoms with Crippen molar-refractivity contribution in [1.29, 1.82) is 0 Å². The van der Waals surface area contributed by atoms with Crippen molar-refractivity contribution in [3.8, 4) is 5.75 Å². The minimum absolute atomic E-state index is 0.250. The molecule has 2 aromatic carbocycles. The van der Waals surface area contributed by atoms with Gasteiger partial charge in [0.15, 0.2) is 0 Å². The number of benzene rings is 2. The molecule has 0 bridgehead atoms. The molecule has 0 aliphatic carbocycles. The lowest BCUT2D eigenvalue weighted by molar-refractivity contribution is -0.135. The summed E-state index contributed by atoms with van der Waals surface area (Å²) in [5.74, 6) is 1.10. The van der Waals surface area contributed by atoms with E-state index in [0.29, 0.717) is 18.6 Å². The Morgan fingerprint density at radius 1 is 0.875 bits per heavy atom. The fourth-order valence-electron chi connectivity index (χ4n) is 4.80. The molecule has 2 aliphatic heterocycles. The molecule has 0 aromatic heterocycles. The third kappa shape index (κ3) is 6.57. The van der Waals surface area contributed by atoms with Gasteiger partial charge in [-0.25, -0.2) is 0 Å². The van der Waals surface area contributed by atoms with E-state index in [-0.39, 0.29) is 5.91 Å². The molecule has 2 aromatic rings. The number of amides is 1. The number of piperidine rings is 2. The van der Waals surface area contributed by atoms with Gasteiger partial charge in [-0.15, -0.1) is 0 Å². The van der Waals surface area contributed by atoms with Crippen LogP contribution in [0.5, 0.6) is 5.75 Å². The first-order chi connectivity index (χ1) is 15.7. The van der Waals surface area contributed by atoms with E-state index in [9.17, 15) is 4.79 Å². The van der Waals surface area contributed by atoms with Gasteiger partial charge in [0.1, 0.15) is 5.75 Å². The third-order valence-electron chi connectivity index (χ3n) is 6.72. The van der Waals surface area contributed by atoms with Crippen LogP contribution < -0.4 is 4.74 Å². The lowest BCUT2D eigenvalue weighted by atomic mass is 10.0. The molecule has 0 unspecified atom stereocenters. The average Bonchev–Trinajstić information content (AvgIpc) is 2.85. The predicted octanol–water partition coefficient (Wildman–Crippen LogP) is 4.30. The van der Waals surface area contributed by atoms with E-state index in [2.05, 4.69) is 41.3 Å². The minimum atomic E-state index is 0.250. The number of ether oxygens (including phenoxy) is 2. The number of hydrogen-bond donors (Lipinski definition) is 0. The third-order valence-corrected chi connectivity index (χ3v) is 6.72. The van der Waals surface area contributed by atoms with Crippen molar-refractivity contribution >= 4 is 5.91 Å². The molecule has 172 valence electrons. The van der Waals surface area contributed by atoms with Crippen molar-refractivity contribution in [1.82, 2.24) is 9.80 Å². The summed E-state index contributed by atoms with van der Waals surface area (Å²) < 4.78 is 11.7. The maximum atomic E-state index is 12.7. The summed E-state index contributed by atoms with van der Waals surface area (Å²) in [5.41, 5.74) is 2.53. The number of rotatable bonds is 8. The van der Waals surface area contributed by atoms with Gasteiger partial charge in [0.25, 0.3) is 0 Å². The van der Waals surface area contributed by atoms with Crippen LogP contribution in [0.15, 0.2) is 54.6 Å². The lowest BCUT2D eigenvalue weighted by Crippen LogP contribution is -2.43. The van der Waals surface area contributed by atoms with Gasteiger partial charge in [-0.2, -0.15) is 0 Å². The lowest BCUT2D eigenvalue weighted by Gasteiger charge is -2.37. The Kier molecular flexibility index (Phi) is 8.18. The summed E-state index contributed by atoms with van der Waals surface area (Å²) in [6.45, 7) is 4.86. The van der Waals surface area contributed by atoms with Crippen molar-refractivity contribution in [2.45, 2.75) is 57.3 Å². The highest BCUT2D eigenvalue weighted by Crippen LogP contribution is 2.23. The summed E-state index contributed by atoms with van der Waals surface area (Å²) >= 11 is 0. The number of aryl methyl sites for hydroxylation is 1. The number of nitrogens with zero attached hydrogens (tertiary/aromatic N) is 2. The summed E-state index contributed by atoms with van der Waals surface area (Å²) in [6, 6.07) is 18.7. The zero-order chi connectivity index (χ0) is 22.2. The molecule has 1 amide bonds. The average molecular weight is 437 g/mol. The van der Waals surface area contributed by atoms with Gasteiger partial charge < -0.3 is 14.4 Å². The van der Waals surface area contributed by atoms with Gasteiger partial charge in [-0.1, -0.05) is 42.5 Å². The van der Waals surface area contributed by atoms with Crippen LogP contribution >= 0.6 is 0 Å². The van der Waals surface area contributed by atoms with Crippen molar-refractivity contribution in [3.63, 3.8) is 0 Å². The largest absolute Gasteiger partial charge is 0.497 e. The van der Waals surface area contributed by atoms with Crippen LogP contribution in [-0.2, 0) is 22.5 Å². The molecule has 0 N–H and O–H groups in total. The second-order valence-electron chi connectivity index (χ2n) is 9.03. The molecule has 2 aliphatic rings. The zero-order valence-electron chi connectivity index (χ0n) is 19.2. The first-order valence-electron chi connectivity index (χ1n) is 12.0. The Morgan fingerprint density at radius 2 is 1.53 bits per heavy atom. The molecule has 2 heterocycles. The smallest absolute Gasteiger partial charge is 0.222 e. The Hall–Kier alpha value is -2.37. The zero-order valence-corrected chi connectivity index (χ0v) is 19.2. The minimum Gasteiger partial charge on any atom is -0.497 e. The molecule has 4 rings (SSSR count). The van der Waals surface area contributed by atoms with E-state index >= 15 is 0 Å². The van der Waals surface area contributed by atoms with Crippen molar-refractivity contribution < 1.29 is 14.3 Å². The van der Waals surface area contributed by atoms with Crippen molar-refractivity contribution in [2.75, 3.05) is 33.3 Å². The van der Waals surface area contributed by atoms with E-state index < -0.39 is 0 Å². The van der Waals surface area contributed by atoms with Crippen LogP contribution in [0.1, 0.15) is 43.2 Å². The maximum absolute atomic E-state index is 12.7. The van der Waals surface area contributed by atoms with Crippen LogP contribution in [0.3, 0.4) is 0 Å². The van der Waals surface area contributed by atoms with E-state index in [1.807, 2.05) is 23.1 Å². The van der Waals surface area contributed by atoms with Gasteiger partial charge >= 0.3 is 0 Å². The van der Waals surface area contributed by atoms with Crippen LogP contribution in [0.4, 0.5) is 0 Å². The first kappa shape index (κ1) is 22.8. The number of hydrogen-bond acceptors (Lipinski definition) is 4. The molecular weight excluding hydrogens is 400 g/mol. The molecule has 2 fully saturated rings. The Labute approximate surface area is 192 Å². The van der Waals surface area contributed by atoms with Crippen LogP contribution in [-0.4, -0.2) is 61.2 Å². The van der Waals surface area contributed by atoms with E-state index in [0.717, 1.165) is 76.1 Å². The second kappa shape index (κ2) is 11.5. The SMILES string of the molecule is COc1cccc(CCC(=O)N2CCC(OC3CCN(Cc4ccccc4)CC3)CC2)c1. The van der Waals surface area contributed by atoms with Crippen molar-refractivity contribution in [2.24, 2.45) is 0 Å². The van der Waals surface area contributed by atoms with Gasteiger partial charge in [-0.05, 0) is 55.4 Å². The highest BCUT2D eigenvalue weighted by atomic mass is 16.5. The summed E-state index contributed by atoms with van der Waals surface area (Å²) in [4.78, 5) is 17.2. The number of carbonyl (C=O) groups excluding carboxylic acids is 1. The van der Waals surface area contributed by atoms with Crippen LogP contribution in [0.25, 0.3) is 0 Å². The Balaban J connectivity index is 1.13. The van der Waals surface area contributed by atoms with Gasteiger partial charge in [0.05, 0.1) is 19.3 Å². The van der Waals surface area contributed by atoms with Gasteiger partial charge in [0, 0.05) is 39.1 Å². The first-order valence-corrected chi connectivity index (χ1v) is 12.0. The number of methoxy groups -OCH3 is 1. The second-order valence-corrected chi connectivity index (χ2v) is 9.03. The van der Waals surface area contributed by atoms with Crippen LogP contribution in [0, 0.1) is 0 Å². The summed E-state index contributed by atoms with van der Waals surface area (Å²) in [5, 5.41) is 0. The molecular formula is C27H36N2O3. The highest BCUT2D eigenvalue weighted by molar-refractivity contribution is 5.76. The Bertz CT molecular complexity index is 841. The van der Waals surface area contributed by atoms with Gasteiger partial charge in [-0.3, -0.25) is 9.69 Å². The summed E-state index contributed by atoms with van der Waals surface area (Å²) in [6.07, 6.45) is 6.08. The molecule has 0 saturated carbocycles. The normalized spacial score (nSPS) is 18.6. The number of likely N-dealkylation sites (tertiary alicyclic amines) is 2. The van der Waals surface area contributed by atoms with E-state index in [1.54, 1.807) is 7.11 Å². The van der Waals surface area contributed by atoms with Crippen LogP contribution in [0.2, 0.25) is 0 Å². The molecule has 2 saturated heterocycles. The maximum Gasteiger partial charge on any atom is 0.222 e. The fourth-order valence-corrected chi connectivity index (χ4v) is 4.80. The van der Waals surface area contributed by atoms with E-state index in [1.165, 1.54) is 5.56 Å². The highest BCUT2D eigenvalue weighted by Gasteiger charge is 2.27. The van der Waals surface area contributed by atoms with E-state index in [4.69, 9.17) is 9.47 Å². The standard InChI is InChI=1S/C27H36N2O3/c1-31-26-9-5-8-22(20-26)10-11-27(30)29-18-14-25(15-19-29)32-24-12-16-28(17-13-24)21-23-6-3-2-4-7-23/h2-9,20,24-25H,10-19,21H2,1H3. The molecule has 5 heteroatoms. The molecule has 0 atom stereocenters. The molecule has 32 heavy (non-hydrogen) atoms. The van der Waals surface area contributed by atoms with Gasteiger partial charge in [0.2, 0.25) is 5.91 Å². The quantitative estimate of drug-likeness (QED) is 0.619. The Morgan fingerprint density at radius 3 is 2.22 bits per heavy atom. The molecule has 0 spiro atoms. The predicted molar refractivity (Wildman–Crippen MR) is 127 cm³/mol. The van der Waals surface area contributed by atoms with Crippen molar-refractivity contribution in [3.05, 3.63) is 65.7 Å². The molecule has 5 nitrogen and oxygen atoms in total. The fraction of sp³-hybridized carbons (Fsp3) is 0.519. The number of carbonyl (C=O) groups is 1. The summed E-state index contributed by atoms with van der Waals surface area (Å²) in [7, 11) is 1.67.